The first-order valence-corrected chi connectivity index (χ1v) is 4.34. The molecule has 2 rings (SSSR count). The number of hydrogen-bond acceptors (Lipinski definition) is 4. The quantitative estimate of drug-likeness (QED) is 0.755. The summed E-state index contributed by atoms with van der Waals surface area (Å²) in [4.78, 5) is 5.46. The van der Waals surface area contributed by atoms with Crippen molar-refractivity contribution >= 4 is 21.6 Å². The molecule has 13 heavy (non-hydrogen) atoms. The van der Waals surface area contributed by atoms with Gasteiger partial charge >= 0.3 is 0 Å². The van der Waals surface area contributed by atoms with E-state index >= 15 is 0 Å². The number of halogens is 1. The summed E-state index contributed by atoms with van der Waals surface area (Å²) in [6.07, 6.45) is 4.78. The third-order valence-corrected chi connectivity index (χ3v) is 1.95. The molecule has 0 fully saturated rings. The Bertz CT molecular complexity index is 411. The van der Waals surface area contributed by atoms with Crippen LogP contribution in [0.4, 0.5) is 5.69 Å². The Balaban J connectivity index is 2.53. The van der Waals surface area contributed by atoms with Gasteiger partial charge in [0.25, 0.3) is 0 Å². The summed E-state index contributed by atoms with van der Waals surface area (Å²) in [6, 6.07) is 1.71. The Labute approximate surface area is 82.7 Å². The molecule has 0 aliphatic heterocycles. The molecule has 0 saturated heterocycles. The van der Waals surface area contributed by atoms with E-state index in [1.807, 2.05) is 0 Å². The van der Waals surface area contributed by atoms with Crippen molar-refractivity contribution < 1.29 is 0 Å². The van der Waals surface area contributed by atoms with Crippen molar-refractivity contribution in [3.05, 3.63) is 29.3 Å². The van der Waals surface area contributed by atoms with Crippen molar-refractivity contribution in [3.63, 3.8) is 0 Å². The highest BCUT2D eigenvalue weighted by Crippen LogP contribution is 2.17. The minimum Gasteiger partial charge on any atom is -0.397 e. The molecule has 0 aliphatic carbocycles. The number of nitrogens with zero attached hydrogens (tertiary/aromatic N) is 4. The van der Waals surface area contributed by atoms with E-state index in [0.29, 0.717) is 16.0 Å². The van der Waals surface area contributed by atoms with Crippen LogP contribution in [0.2, 0.25) is 0 Å². The molecule has 0 bridgehead atoms. The topological polar surface area (TPSA) is 69.6 Å². The van der Waals surface area contributed by atoms with E-state index in [1.165, 1.54) is 4.80 Å². The molecular weight excluding hydrogens is 234 g/mol. The van der Waals surface area contributed by atoms with Gasteiger partial charge in [-0.25, -0.2) is 4.98 Å². The molecule has 2 heterocycles. The number of nitrogen functional groups attached to an aromatic ring is 1. The van der Waals surface area contributed by atoms with E-state index in [1.54, 1.807) is 24.7 Å². The first kappa shape index (κ1) is 8.18. The molecule has 2 aromatic rings. The highest BCUT2D eigenvalue weighted by molar-refractivity contribution is 9.10. The van der Waals surface area contributed by atoms with Crippen molar-refractivity contribution in [3.8, 4) is 5.69 Å². The molecular formula is C7H6BrN5. The number of anilines is 1. The molecule has 0 amide bonds. The minimum atomic E-state index is 0.582. The molecule has 0 spiro atoms. The zero-order valence-electron chi connectivity index (χ0n) is 6.55. The van der Waals surface area contributed by atoms with Gasteiger partial charge in [0.2, 0.25) is 0 Å². The van der Waals surface area contributed by atoms with Gasteiger partial charge in [-0.1, -0.05) is 0 Å². The van der Waals surface area contributed by atoms with Gasteiger partial charge in [-0.2, -0.15) is 10.2 Å². The van der Waals surface area contributed by atoms with Gasteiger partial charge < -0.3 is 5.73 Å². The van der Waals surface area contributed by atoms with Crippen LogP contribution in [0, 0.1) is 0 Å². The van der Waals surface area contributed by atoms with Crippen molar-refractivity contribution in [2.75, 3.05) is 5.73 Å². The Hall–Kier alpha value is -1.43. The molecule has 0 saturated carbocycles. The summed E-state index contributed by atoms with van der Waals surface area (Å²) in [5.41, 5.74) is 7.00. The van der Waals surface area contributed by atoms with Crippen molar-refractivity contribution in [1.82, 2.24) is 20.0 Å². The zero-order chi connectivity index (χ0) is 9.26. The number of rotatable bonds is 1. The van der Waals surface area contributed by atoms with E-state index in [2.05, 4.69) is 31.1 Å². The second kappa shape index (κ2) is 3.14. The maximum atomic E-state index is 5.74. The standard InChI is InChI=1S/C7H6BrN5/c8-7-3-5(9)6(4-10-7)13-11-1-2-12-13/h1-4H,(H2,9,10). The first-order chi connectivity index (χ1) is 6.27. The summed E-state index contributed by atoms with van der Waals surface area (Å²) in [7, 11) is 0. The van der Waals surface area contributed by atoms with Crippen LogP contribution in [0.15, 0.2) is 29.3 Å². The van der Waals surface area contributed by atoms with E-state index in [9.17, 15) is 0 Å². The molecule has 6 heteroatoms. The summed E-state index contributed by atoms with van der Waals surface area (Å²) >= 11 is 3.22. The lowest BCUT2D eigenvalue weighted by Gasteiger charge is -2.02. The molecule has 5 nitrogen and oxygen atoms in total. The van der Waals surface area contributed by atoms with Gasteiger partial charge in [0.1, 0.15) is 10.3 Å². The van der Waals surface area contributed by atoms with Crippen molar-refractivity contribution in [1.29, 1.82) is 0 Å². The maximum absolute atomic E-state index is 5.74. The van der Waals surface area contributed by atoms with Gasteiger partial charge in [-0.15, -0.1) is 4.80 Å². The van der Waals surface area contributed by atoms with Crippen molar-refractivity contribution in [2.24, 2.45) is 0 Å². The van der Waals surface area contributed by atoms with Crippen LogP contribution in [0.5, 0.6) is 0 Å². The molecule has 0 aromatic carbocycles. The van der Waals surface area contributed by atoms with Gasteiger partial charge in [0.15, 0.2) is 0 Å². The fraction of sp³-hybridized carbons (Fsp3) is 0. The zero-order valence-corrected chi connectivity index (χ0v) is 8.14. The third-order valence-electron chi connectivity index (χ3n) is 1.51. The van der Waals surface area contributed by atoms with Crippen LogP contribution in [-0.4, -0.2) is 20.0 Å². The van der Waals surface area contributed by atoms with Crippen LogP contribution in [-0.2, 0) is 0 Å². The lowest BCUT2D eigenvalue weighted by atomic mass is 10.4. The first-order valence-electron chi connectivity index (χ1n) is 3.55. The highest BCUT2D eigenvalue weighted by atomic mass is 79.9. The lowest BCUT2D eigenvalue weighted by molar-refractivity contribution is 0.750. The van der Waals surface area contributed by atoms with Crippen LogP contribution >= 0.6 is 15.9 Å². The van der Waals surface area contributed by atoms with E-state index in [0.717, 1.165) is 0 Å². The summed E-state index contributed by atoms with van der Waals surface area (Å²) in [5, 5.41) is 7.89. The van der Waals surface area contributed by atoms with Crippen LogP contribution in [0.1, 0.15) is 0 Å². The second-order valence-electron chi connectivity index (χ2n) is 2.38. The fourth-order valence-electron chi connectivity index (χ4n) is 0.944. The third kappa shape index (κ3) is 1.52. The van der Waals surface area contributed by atoms with Crippen LogP contribution in [0.3, 0.4) is 0 Å². The number of hydrogen-bond donors (Lipinski definition) is 1. The van der Waals surface area contributed by atoms with Crippen LogP contribution < -0.4 is 5.73 Å². The number of pyridine rings is 1. The van der Waals surface area contributed by atoms with E-state index in [-0.39, 0.29) is 0 Å². The maximum Gasteiger partial charge on any atom is 0.127 e. The van der Waals surface area contributed by atoms with Gasteiger partial charge in [-0.3, -0.25) is 0 Å². The monoisotopic (exact) mass is 239 g/mol. The molecule has 66 valence electrons. The number of aromatic nitrogens is 4. The molecule has 2 aromatic heterocycles. The van der Waals surface area contributed by atoms with Crippen molar-refractivity contribution in [2.45, 2.75) is 0 Å². The van der Waals surface area contributed by atoms with Gasteiger partial charge in [-0.05, 0) is 22.0 Å². The smallest absolute Gasteiger partial charge is 0.127 e. The molecule has 0 aliphatic rings. The molecule has 0 unspecified atom stereocenters. The normalized spacial score (nSPS) is 10.2. The van der Waals surface area contributed by atoms with Crippen LogP contribution in [0.25, 0.3) is 5.69 Å². The summed E-state index contributed by atoms with van der Waals surface area (Å²) in [5.74, 6) is 0. The van der Waals surface area contributed by atoms with E-state index < -0.39 is 0 Å². The summed E-state index contributed by atoms with van der Waals surface area (Å²) in [6.45, 7) is 0. The summed E-state index contributed by atoms with van der Waals surface area (Å²) < 4.78 is 0.695. The molecule has 0 atom stereocenters. The van der Waals surface area contributed by atoms with E-state index in [4.69, 9.17) is 5.73 Å². The highest BCUT2D eigenvalue weighted by Gasteiger charge is 2.03. The molecule has 0 radical (unpaired) electrons. The Kier molecular flexibility index (Phi) is 1.97. The predicted octanol–water partition coefficient (Wildman–Crippen LogP) is 1.01. The Morgan fingerprint density at radius 2 is 2.00 bits per heavy atom. The van der Waals surface area contributed by atoms with Gasteiger partial charge in [0.05, 0.1) is 24.3 Å². The lowest BCUT2D eigenvalue weighted by Crippen LogP contribution is -2.03. The van der Waals surface area contributed by atoms with Gasteiger partial charge in [0, 0.05) is 0 Å². The average Bonchev–Trinajstić information content (AvgIpc) is 2.56. The largest absolute Gasteiger partial charge is 0.397 e. The SMILES string of the molecule is Nc1cc(Br)ncc1-n1nccn1. The minimum absolute atomic E-state index is 0.582. The Morgan fingerprint density at radius 3 is 2.62 bits per heavy atom. The fourth-order valence-corrected chi connectivity index (χ4v) is 1.29. The number of nitrogens with two attached hydrogens (primary N) is 1. The predicted molar refractivity (Wildman–Crippen MR) is 51.3 cm³/mol. The second-order valence-corrected chi connectivity index (χ2v) is 3.20. The average molecular weight is 240 g/mol. The molecule has 2 N–H and O–H groups in total. The Morgan fingerprint density at radius 1 is 1.31 bits per heavy atom.